The van der Waals surface area contributed by atoms with E-state index >= 15 is 0 Å². The van der Waals surface area contributed by atoms with Crippen LogP contribution in [0.15, 0.2) is 73.1 Å². The summed E-state index contributed by atoms with van der Waals surface area (Å²) in [5.74, 6) is 1.11. The van der Waals surface area contributed by atoms with Crippen LogP contribution in [0.5, 0.6) is 11.5 Å². The third-order valence-electron chi connectivity index (χ3n) is 5.81. The molecule has 1 aliphatic rings. The van der Waals surface area contributed by atoms with Crippen LogP contribution in [-0.2, 0) is 17.6 Å². The van der Waals surface area contributed by atoms with Crippen LogP contribution in [0.3, 0.4) is 0 Å². The predicted molar refractivity (Wildman–Crippen MR) is 120 cm³/mol. The zero-order valence-electron chi connectivity index (χ0n) is 17.6. The lowest BCUT2D eigenvalue weighted by molar-refractivity contribution is -0.132. The maximum Gasteiger partial charge on any atom is 0.230 e. The van der Waals surface area contributed by atoms with Gasteiger partial charge in [-0.05, 0) is 60.4 Å². The molecule has 4 rings (SSSR count). The zero-order valence-corrected chi connectivity index (χ0v) is 17.6. The lowest BCUT2D eigenvalue weighted by Gasteiger charge is -2.50. The Labute approximate surface area is 182 Å². The van der Waals surface area contributed by atoms with Crippen molar-refractivity contribution in [3.63, 3.8) is 0 Å². The first-order valence-electron chi connectivity index (χ1n) is 10.4. The molecule has 1 aromatic heterocycles. The summed E-state index contributed by atoms with van der Waals surface area (Å²) in [5, 5.41) is 12.6. The Morgan fingerprint density at radius 1 is 1.10 bits per heavy atom. The van der Waals surface area contributed by atoms with E-state index in [0.29, 0.717) is 26.1 Å². The molecule has 0 bridgehead atoms. The molecule has 0 atom stereocenters. The molecule has 0 unspecified atom stereocenters. The Bertz CT molecular complexity index is 1020. The standard InChI is InChI=1S/C25H27N3O3/c1-31-23-4-2-3-20(15-23)16-25(17-28(18-25)21-10-12-26-13-11-21)24(30)27-14-9-19-5-7-22(29)8-6-19/h2-8,10-13,15,29H,9,14,16-18H2,1H3,(H,27,30). The van der Waals surface area contributed by atoms with Crippen LogP contribution >= 0.6 is 0 Å². The van der Waals surface area contributed by atoms with Crippen molar-refractivity contribution in [1.82, 2.24) is 10.3 Å². The van der Waals surface area contributed by atoms with E-state index in [1.165, 1.54) is 0 Å². The highest BCUT2D eigenvalue weighted by molar-refractivity contribution is 5.86. The van der Waals surface area contributed by atoms with E-state index < -0.39 is 5.41 Å². The summed E-state index contributed by atoms with van der Waals surface area (Å²) in [6, 6.07) is 19.0. The molecule has 1 aliphatic heterocycles. The molecular formula is C25H27N3O3. The van der Waals surface area contributed by atoms with Crippen molar-refractivity contribution < 1.29 is 14.6 Å². The molecule has 0 aliphatic carbocycles. The van der Waals surface area contributed by atoms with Crippen molar-refractivity contribution in [2.45, 2.75) is 12.8 Å². The van der Waals surface area contributed by atoms with Crippen LogP contribution in [0.2, 0.25) is 0 Å². The van der Waals surface area contributed by atoms with Crippen LogP contribution in [0, 0.1) is 5.41 Å². The molecule has 31 heavy (non-hydrogen) atoms. The largest absolute Gasteiger partial charge is 0.508 e. The number of pyridine rings is 1. The number of anilines is 1. The van der Waals surface area contributed by atoms with Crippen molar-refractivity contribution >= 4 is 11.6 Å². The average molecular weight is 418 g/mol. The van der Waals surface area contributed by atoms with Crippen LogP contribution in [0.4, 0.5) is 5.69 Å². The number of benzene rings is 2. The Hall–Kier alpha value is -3.54. The van der Waals surface area contributed by atoms with Gasteiger partial charge in [0.25, 0.3) is 0 Å². The summed E-state index contributed by atoms with van der Waals surface area (Å²) in [4.78, 5) is 19.6. The first kappa shape index (κ1) is 20.7. The number of hydrogen-bond donors (Lipinski definition) is 2. The van der Waals surface area contributed by atoms with E-state index in [0.717, 1.165) is 29.0 Å². The first-order valence-corrected chi connectivity index (χ1v) is 10.4. The number of aromatic hydroxyl groups is 1. The van der Waals surface area contributed by atoms with Crippen molar-refractivity contribution in [2.24, 2.45) is 5.41 Å². The summed E-state index contributed by atoms with van der Waals surface area (Å²) in [7, 11) is 1.65. The number of carbonyl (C=O) groups excluding carboxylic acids is 1. The van der Waals surface area contributed by atoms with Gasteiger partial charge in [0.15, 0.2) is 0 Å². The number of phenols is 1. The van der Waals surface area contributed by atoms with Gasteiger partial charge in [-0.3, -0.25) is 9.78 Å². The minimum atomic E-state index is -0.495. The van der Waals surface area contributed by atoms with Crippen LogP contribution < -0.4 is 15.0 Å². The number of rotatable bonds is 8. The minimum Gasteiger partial charge on any atom is -0.508 e. The van der Waals surface area contributed by atoms with Crippen LogP contribution in [-0.4, -0.2) is 42.7 Å². The van der Waals surface area contributed by atoms with Gasteiger partial charge in [-0.15, -0.1) is 0 Å². The number of methoxy groups -OCH3 is 1. The van der Waals surface area contributed by atoms with Gasteiger partial charge >= 0.3 is 0 Å². The maximum atomic E-state index is 13.3. The third-order valence-corrected chi connectivity index (χ3v) is 5.81. The van der Waals surface area contributed by atoms with Gasteiger partial charge in [0.05, 0.1) is 12.5 Å². The predicted octanol–water partition coefficient (Wildman–Crippen LogP) is 3.20. The topological polar surface area (TPSA) is 74.7 Å². The molecule has 0 spiro atoms. The van der Waals surface area contributed by atoms with Gasteiger partial charge < -0.3 is 20.1 Å². The lowest BCUT2D eigenvalue weighted by Crippen LogP contribution is -2.64. The fourth-order valence-corrected chi connectivity index (χ4v) is 4.10. The molecule has 2 aromatic carbocycles. The van der Waals surface area contributed by atoms with E-state index in [2.05, 4.69) is 15.2 Å². The molecule has 1 amide bonds. The van der Waals surface area contributed by atoms with E-state index in [1.807, 2.05) is 48.5 Å². The smallest absolute Gasteiger partial charge is 0.230 e. The highest BCUT2D eigenvalue weighted by Crippen LogP contribution is 2.38. The third kappa shape index (κ3) is 4.79. The number of ether oxygens (including phenoxy) is 1. The molecule has 2 heterocycles. The summed E-state index contributed by atoms with van der Waals surface area (Å²) in [6.07, 6.45) is 4.91. The van der Waals surface area contributed by atoms with E-state index in [9.17, 15) is 9.90 Å². The molecule has 3 aromatic rings. The molecule has 0 saturated carbocycles. The molecular weight excluding hydrogens is 390 g/mol. The number of nitrogens with zero attached hydrogens (tertiary/aromatic N) is 2. The highest BCUT2D eigenvalue weighted by atomic mass is 16.5. The Balaban J connectivity index is 1.45. The first-order chi connectivity index (χ1) is 15.1. The average Bonchev–Trinajstić information content (AvgIpc) is 2.78. The number of phenolic OH excluding ortho intramolecular Hbond substituents is 1. The van der Waals surface area contributed by atoms with Gasteiger partial charge in [0.2, 0.25) is 5.91 Å². The van der Waals surface area contributed by atoms with Crippen LogP contribution in [0.25, 0.3) is 0 Å². The molecule has 6 nitrogen and oxygen atoms in total. The van der Waals surface area contributed by atoms with E-state index in [1.54, 1.807) is 31.6 Å². The van der Waals surface area contributed by atoms with Crippen molar-refractivity contribution in [2.75, 3.05) is 31.6 Å². The summed E-state index contributed by atoms with van der Waals surface area (Å²) < 4.78 is 5.36. The zero-order chi connectivity index (χ0) is 21.7. The SMILES string of the molecule is COc1cccc(CC2(C(=O)NCCc3ccc(O)cc3)CN(c3ccncc3)C2)c1. The maximum absolute atomic E-state index is 13.3. The number of nitrogens with one attached hydrogen (secondary N) is 1. The quantitative estimate of drug-likeness (QED) is 0.589. The molecule has 2 N–H and O–H groups in total. The highest BCUT2D eigenvalue weighted by Gasteiger charge is 2.49. The fraction of sp³-hybridized carbons (Fsp3) is 0.280. The number of amides is 1. The summed E-state index contributed by atoms with van der Waals surface area (Å²) >= 11 is 0. The number of aromatic nitrogens is 1. The molecule has 0 radical (unpaired) electrons. The summed E-state index contributed by atoms with van der Waals surface area (Å²) in [6.45, 7) is 1.86. The van der Waals surface area contributed by atoms with Gasteiger partial charge in [-0.2, -0.15) is 0 Å². The van der Waals surface area contributed by atoms with Crippen molar-refractivity contribution in [3.8, 4) is 11.5 Å². The molecule has 6 heteroatoms. The Morgan fingerprint density at radius 2 is 1.84 bits per heavy atom. The monoisotopic (exact) mass is 417 g/mol. The molecule has 160 valence electrons. The second-order valence-corrected chi connectivity index (χ2v) is 8.04. The second kappa shape index (κ2) is 9.08. The van der Waals surface area contributed by atoms with E-state index in [4.69, 9.17) is 4.74 Å². The summed E-state index contributed by atoms with van der Waals surface area (Å²) in [5.41, 5.74) is 2.74. The van der Waals surface area contributed by atoms with Gasteiger partial charge in [-0.25, -0.2) is 0 Å². The Kier molecular flexibility index (Phi) is 6.07. The number of carbonyl (C=O) groups is 1. The fourth-order valence-electron chi connectivity index (χ4n) is 4.10. The van der Waals surface area contributed by atoms with Crippen LogP contribution in [0.1, 0.15) is 11.1 Å². The minimum absolute atomic E-state index is 0.0689. The molecule has 1 fully saturated rings. The van der Waals surface area contributed by atoms with Gasteiger partial charge in [0, 0.05) is 37.7 Å². The van der Waals surface area contributed by atoms with Gasteiger partial charge in [-0.1, -0.05) is 24.3 Å². The second-order valence-electron chi connectivity index (χ2n) is 8.04. The lowest BCUT2D eigenvalue weighted by atomic mass is 9.73. The van der Waals surface area contributed by atoms with Crippen molar-refractivity contribution in [3.05, 3.63) is 84.2 Å². The molecule has 1 saturated heterocycles. The van der Waals surface area contributed by atoms with Crippen molar-refractivity contribution in [1.29, 1.82) is 0 Å². The van der Waals surface area contributed by atoms with E-state index in [-0.39, 0.29) is 11.7 Å². The number of hydrogen-bond acceptors (Lipinski definition) is 5. The Morgan fingerprint density at radius 3 is 2.55 bits per heavy atom. The van der Waals surface area contributed by atoms with Gasteiger partial charge in [0.1, 0.15) is 11.5 Å². The normalized spacial score (nSPS) is 14.5.